The smallest absolute Gasteiger partial charge is 0.193 e. The highest BCUT2D eigenvalue weighted by atomic mass is 28.4. The fourth-order valence-electron chi connectivity index (χ4n) is 2.30. The zero-order valence-corrected chi connectivity index (χ0v) is 15.9. The molecule has 0 unspecified atom stereocenters. The first kappa shape index (κ1) is 18.0. The molecule has 0 bridgehead atoms. The van der Waals surface area contributed by atoms with Gasteiger partial charge in [0.05, 0.1) is 6.26 Å². The third-order valence-corrected chi connectivity index (χ3v) is 9.21. The van der Waals surface area contributed by atoms with Crippen molar-refractivity contribution in [3.05, 3.63) is 60.1 Å². The largest absolute Gasteiger partial charge is 0.467 e. The summed E-state index contributed by atoms with van der Waals surface area (Å²) >= 11 is 0. The number of hydrogen-bond donors (Lipinski definition) is 1. The second-order valence-electron chi connectivity index (χ2n) is 7.67. The summed E-state index contributed by atoms with van der Waals surface area (Å²) in [6.07, 6.45) is 2.24. The van der Waals surface area contributed by atoms with Crippen molar-refractivity contribution in [2.45, 2.75) is 57.5 Å². The van der Waals surface area contributed by atoms with Gasteiger partial charge in [-0.25, -0.2) is 0 Å². The van der Waals surface area contributed by atoms with Crippen LogP contribution in [0.1, 0.15) is 38.2 Å². The highest BCUT2D eigenvalue weighted by molar-refractivity contribution is 6.74. The summed E-state index contributed by atoms with van der Waals surface area (Å²) in [6, 6.07) is 14.0. The van der Waals surface area contributed by atoms with Gasteiger partial charge in [-0.1, -0.05) is 51.1 Å². The van der Waals surface area contributed by atoms with Crippen LogP contribution in [0.5, 0.6) is 0 Å². The van der Waals surface area contributed by atoms with Crippen LogP contribution in [-0.2, 0) is 10.8 Å². The molecule has 2 rings (SSSR count). The Morgan fingerprint density at radius 3 is 2.26 bits per heavy atom. The first-order chi connectivity index (χ1) is 10.7. The molecule has 0 saturated heterocycles. The summed E-state index contributed by atoms with van der Waals surface area (Å²) in [5.74, 6) is 0.818. The van der Waals surface area contributed by atoms with E-state index < -0.39 is 8.32 Å². The summed E-state index contributed by atoms with van der Waals surface area (Å²) < 4.78 is 12.2. The van der Waals surface area contributed by atoms with Crippen LogP contribution >= 0.6 is 0 Å². The lowest BCUT2D eigenvalue weighted by molar-refractivity contribution is 0.129. The summed E-state index contributed by atoms with van der Waals surface area (Å²) in [5.41, 5.74) is 7.75. The van der Waals surface area contributed by atoms with Crippen LogP contribution in [0.4, 0.5) is 0 Å². The topological polar surface area (TPSA) is 48.4 Å². The summed E-state index contributed by atoms with van der Waals surface area (Å²) in [7, 11) is -1.94. The fraction of sp³-hybridized carbons (Fsp3) is 0.474. The SMILES string of the molecule is CC(C)(C)[Si](C)(C)O[C@H](c1ccco1)[C@@H](N)Cc1ccccc1. The van der Waals surface area contributed by atoms with Crippen LogP contribution in [0.15, 0.2) is 53.1 Å². The van der Waals surface area contributed by atoms with E-state index in [9.17, 15) is 0 Å². The minimum atomic E-state index is -1.94. The normalized spacial score (nSPS) is 15.4. The van der Waals surface area contributed by atoms with Gasteiger partial charge < -0.3 is 14.6 Å². The molecular formula is C19H29NO2Si. The minimum absolute atomic E-state index is 0.129. The Hall–Kier alpha value is -1.36. The molecule has 0 aliphatic carbocycles. The van der Waals surface area contributed by atoms with Crippen LogP contribution in [0, 0.1) is 0 Å². The molecule has 3 nitrogen and oxygen atoms in total. The highest BCUT2D eigenvalue weighted by Crippen LogP contribution is 2.40. The molecule has 2 atom stereocenters. The maximum Gasteiger partial charge on any atom is 0.193 e. The minimum Gasteiger partial charge on any atom is -0.467 e. The second kappa shape index (κ2) is 7.03. The van der Waals surface area contributed by atoms with Crippen molar-refractivity contribution in [2.75, 3.05) is 0 Å². The Balaban J connectivity index is 2.21. The van der Waals surface area contributed by atoms with Gasteiger partial charge in [-0.2, -0.15) is 0 Å². The monoisotopic (exact) mass is 331 g/mol. The Kier molecular flexibility index (Phi) is 5.50. The maximum absolute atomic E-state index is 6.60. The van der Waals surface area contributed by atoms with Crippen LogP contribution in [0.2, 0.25) is 18.1 Å². The summed E-state index contributed by atoms with van der Waals surface area (Å²) in [4.78, 5) is 0. The molecule has 1 heterocycles. The van der Waals surface area contributed by atoms with Gasteiger partial charge in [0.25, 0.3) is 0 Å². The maximum atomic E-state index is 6.60. The molecule has 4 heteroatoms. The molecule has 0 aliphatic rings. The van der Waals surface area contributed by atoms with Crippen molar-refractivity contribution in [1.29, 1.82) is 0 Å². The average Bonchev–Trinajstić information content (AvgIpc) is 2.98. The van der Waals surface area contributed by atoms with Crippen LogP contribution in [0.3, 0.4) is 0 Å². The van der Waals surface area contributed by atoms with Gasteiger partial charge in [-0.3, -0.25) is 0 Å². The van der Waals surface area contributed by atoms with Gasteiger partial charge in [0, 0.05) is 6.04 Å². The fourth-order valence-corrected chi connectivity index (χ4v) is 3.58. The molecule has 0 fully saturated rings. The van der Waals surface area contributed by atoms with Crippen molar-refractivity contribution in [3.8, 4) is 0 Å². The third kappa shape index (κ3) is 4.56. The van der Waals surface area contributed by atoms with E-state index in [0.29, 0.717) is 0 Å². The molecule has 2 N–H and O–H groups in total. The predicted molar refractivity (Wildman–Crippen MR) is 97.9 cm³/mol. The molecule has 0 amide bonds. The van der Waals surface area contributed by atoms with Crippen molar-refractivity contribution < 1.29 is 8.84 Å². The van der Waals surface area contributed by atoms with Crippen molar-refractivity contribution >= 4 is 8.32 Å². The molecule has 1 aromatic heterocycles. The van der Waals surface area contributed by atoms with E-state index in [1.165, 1.54) is 5.56 Å². The second-order valence-corrected chi connectivity index (χ2v) is 12.4. The van der Waals surface area contributed by atoms with Crippen molar-refractivity contribution in [1.82, 2.24) is 0 Å². The number of nitrogens with two attached hydrogens (primary N) is 1. The Bertz CT molecular complexity index is 588. The van der Waals surface area contributed by atoms with E-state index in [4.69, 9.17) is 14.6 Å². The molecule has 0 aliphatic heterocycles. The molecule has 1 aromatic carbocycles. The van der Waals surface area contributed by atoms with Gasteiger partial charge in [-0.05, 0) is 42.2 Å². The van der Waals surface area contributed by atoms with E-state index >= 15 is 0 Å². The number of rotatable bonds is 6. The highest BCUT2D eigenvalue weighted by Gasteiger charge is 2.41. The van der Waals surface area contributed by atoms with E-state index in [-0.39, 0.29) is 17.2 Å². The lowest BCUT2D eigenvalue weighted by Crippen LogP contribution is -2.46. The molecule has 0 radical (unpaired) electrons. The van der Waals surface area contributed by atoms with Crippen LogP contribution in [-0.4, -0.2) is 14.4 Å². The molecule has 126 valence electrons. The third-order valence-electron chi connectivity index (χ3n) is 4.75. The summed E-state index contributed by atoms with van der Waals surface area (Å²) in [5, 5.41) is 0.129. The Morgan fingerprint density at radius 2 is 1.74 bits per heavy atom. The summed E-state index contributed by atoms with van der Waals surface area (Å²) in [6.45, 7) is 11.2. The Labute approximate surface area is 141 Å². The van der Waals surface area contributed by atoms with Gasteiger partial charge in [0.15, 0.2) is 8.32 Å². The van der Waals surface area contributed by atoms with E-state index in [1.807, 2.05) is 30.3 Å². The van der Waals surface area contributed by atoms with Crippen molar-refractivity contribution in [3.63, 3.8) is 0 Å². The van der Waals surface area contributed by atoms with Crippen LogP contribution in [0.25, 0.3) is 0 Å². The first-order valence-corrected chi connectivity index (χ1v) is 11.1. The number of furan rings is 1. The molecular weight excluding hydrogens is 302 g/mol. The zero-order valence-electron chi connectivity index (χ0n) is 14.9. The predicted octanol–water partition coefficient (Wildman–Crippen LogP) is 4.91. The quantitative estimate of drug-likeness (QED) is 0.765. The zero-order chi connectivity index (χ0) is 17.1. The van der Waals surface area contributed by atoms with E-state index in [2.05, 4.69) is 46.0 Å². The lowest BCUT2D eigenvalue weighted by atomic mass is 10.0. The first-order valence-electron chi connectivity index (χ1n) is 8.21. The van der Waals surface area contributed by atoms with Gasteiger partial charge in [-0.15, -0.1) is 0 Å². The molecule has 0 spiro atoms. The Morgan fingerprint density at radius 1 is 1.09 bits per heavy atom. The van der Waals surface area contributed by atoms with Gasteiger partial charge in [0.1, 0.15) is 11.9 Å². The molecule has 0 saturated carbocycles. The lowest BCUT2D eigenvalue weighted by Gasteiger charge is -2.40. The average molecular weight is 332 g/mol. The van der Waals surface area contributed by atoms with Crippen molar-refractivity contribution in [2.24, 2.45) is 5.73 Å². The number of benzene rings is 1. The standard InChI is InChI=1S/C19H29NO2Si/c1-19(2,3)23(4,5)22-18(17-12-9-13-21-17)16(20)14-15-10-7-6-8-11-15/h6-13,16,18H,14,20H2,1-5H3/t16-,18-/m0/s1. The van der Waals surface area contributed by atoms with E-state index in [1.54, 1.807) is 6.26 Å². The van der Waals surface area contributed by atoms with Gasteiger partial charge in [0.2, 0.25) is 0 Å². The molecule has 2 aromatic rings. The number of hydrogen-bond acceptors (Lipinski definition) is 3. The van der Waals surface area contributed by atoms with Crippen LogP contribution < -0.4 is 5.73 Å². The molecule has 23 heavy (non-hydrogen) atoms. The van der Waals surface area contributed by atoms with E-state index in [0.717, 1.165) is 12.2 Å². The van der Waals surface area contributed by atoms with Gasteiger partial charge >= 0.3 is 0 Å².